The standard InChI is InChI=1S/C9H18N2O/c10-8-4-1-7(2-5-8)3-6-9(11)12/h7-8H,1-6,10H2,(H2,11,12). The highest BCUT2D eigenvalue weighted by atomic mass is 16.1. The first-order chi connectivity index (χ1) is 5.68. The number of rotatable bonds is 3. The lowest BCUT2D eigenvalue weighted by atomic mass is 9.84. The van der Waals surface area contributed by atoms with Crippen molar-refractivity contribution in [3.05, 3.63) is 0 Å². The molecule has 0 spiro atoms. The van der Waals surface area contributed by atoms with Crippen molar-refractivity contribution in [2.75, 3.05) is 0 Å². The molecule has 3 nitrogen and oxygen atoms in total. The van der Waals surface area contributed by atoms with E-state index in [4.69, 9.17) is 11.5 Å². The molecule has 0 saturated heterocycles. The van der Waals surface area contributed by atoms with Crippen LogP contribution in [0.2, 0.25) is 0 Å². The van der Waals surface area contributed by atoms with Gasteiger partial charge in [-0.1, -0.05) is 0 Å². The van der Waals surface area contributed by atoms with Gasteiger partial charge in [-0.3, -0.25) is 4.79 Å². The second kappa shape index (κ2) is 4.45. The monoisotopic (exact) mass is 170 g/mol. The number of carbonyl (C=O) groups is 1. The molecular weight excluding hydrogens is 152 g/mol. The van der Waals surface area contributed by atoms with Gasteiger partial charge in [0.2, 0.25) is 5.91 Å². The van der Waals surface area contributed by atoms with E-state index in [0.717, 1.165) is 19.3 Å². The molecule has 0 aromatic heterocycles. The number of hydrogen-bond donors (Lipinski definition) is 2. The average molecular weight is 170 g/mol. The van der Waals surface area contributed by atoms with E-state index >= 15 is 0 Å². The van der Waals surface area contributed by atoms with Crippen molar-refractivity contribution in [2.45, 2.75) is 44.6 Å². The Morgan fingerprint density at radius 2 is 1.83 bits per heavy atom. The molecule has 1 rings (SSSR count). The van der Waals surface area contributed by atoms with E-state index in [1.807, 2.05) is 0 Å². The molecule has 0 aromatic rings. The Hall–Kier alpha value is -0.570. The molecule has 70 valence electrons. The fraction of sp³-hybridized carbons (Fsp3) is 0.889. The molecule has 12 heavy (non-hydrogen) atoms. The van der Waals surface area contributed by atoms with Gasteiger partial charge in [0.05, 0.1) is 0 Å². The summed E-state index contributed by atoms with van der Waals surface area (Å²) in [5, 5.41) is 0. The summed E-state index contributed by atoms with van der Waals surface area (Å²) in [4.78, 5) is 10.5. The first-order valence-electron chi connectivity index (χ1n) is 4.72. The van der Waals surface area contributed by atoms with Gasteiger partial charge in [0.15, 0.2) is 0 Å². The lowest BCUT2D eigenvalue weighted by Crippen LogP contribution is -2.27. The fourth-order valence-corrected chi connectivity index (χ4v) is 1.82. The van der Waals surface area contributed by atoms with E-state index in [1.165, 1.54) is 12.8 Å². The minimum absolute atomic E-state index is 0.176. The van der Waals surface area contributed by atoms with Crippen LogP contribution in [0.15, 0.2) is 0 Å². The van der Waals surface area contributed by atoms with Crippen LogP contribution in [-0.2, 0) is 4.79 Å². The van der Waals surface area contributed by atoms with Crippen LogP contribution in [0, 0.1) is 5.92 Å². The average Bonchev–Trinajstić information content (AvgIpc) is 2.03. The third-order valence-electron chi connectivity index (χ3n) is 2.69. The molecule has 1 aliphatic rings. The Balaban J connectivity index is 2.13. The predicted molar refractivity (Wildman–Crippen MR) is 48.4 cm³/mol. The largest absolute Gasteiger partial charge is 0.370 e. The zero-order valence-corrected chi connectivity index (χ0v) is 7.46. The Bertz CT molecular complexity index is 151. The molecule has 1 fully saturated rings. The lowest BCUT2D eigenvalue weighted by Gasteiger charge is -2.25. The Kier molecular flexibility index (Phi) is 3.53. The van der Waals surface area contributed by atoms with Crippen LogP contribution in [0.1, 0.15) is 38.5 Å². The molecule has 0 bridgehead atoms. The first-order valence-corrected chi connectivity index (χ1v) is 4.72. The maximum atomic E-state index is 10.5. The van der Waals surface area contributed by atoms with Crippen LogP contribution in [0.25, 0.3) is 0 Å². The van der Waals surface area contributed by atoms with Gasteiger partial charge in [0.1, 0.15) is 0 Å². The highest BCUT2D eigenvalue weighted by Crippen LogP contribution is 2.26. The molecular formula is C9H18N2O. The van der Waals surface area contributed by atoms with Crippen molar-refractivity contribution in [1.29, 1.82) is 0 Å². The Morgan fingerprint density at radius 1 is 1.25 bits per heavy atom. The number of amides is 1. The zero-order valence-electron chi connectivity index (χ0n) is 7.46. The smallest absolute Gasteiger partial charge is 0.217 e. The number of primary amides is 1. The van der Waals surface area contributed by atoms with Crippen molar-refractivity contribution in [3.8, 4) is 0 Å². The zero-order chi connectivity index (χ0) is 8.97. The fourth-order valence-electron chi connectivity index (χ4n) is 1.82. The van der Waals surface area contributed by atoms with Gasteiger partial charge >= 0.3 is 0 Å². The third kappa shape index (κ3) is 3.22. The van der Waals surface area contributed by atoms with Crippen LogP contribution in [0.5, 0.6) is 0 Å². The van der Waals surface area contributed by atoms with E-state index in [1.54, 1.807) is 0 Å². The first kappa shape index (κ1) is 9.52. The Morgan fingerprint density at radius 3 is 2.33 bits per heavy atom. The second-order valence-electron chi connectivity index (χ2n) is 3.79. The Labute approximate surface area is 73.5 Å². The summed E-state index contributed by atoms with van der Waals surface area (Å²) in [7, 11) is 0. The summed E-state index contributed by atoms with van der Waals surface area (Å²) < 4.78 is 0. The van der Waals surface area contributed by atoms with Crippen molar-refractivity contribution >= 4 is 5.91 Å². The molecule has 3 heteroatoms. The molecule has 0 aromatic carbocycles. The van der Waals surface area contributed by atoms with Gasteiger partial charge in [-0.15, -0.1) is 0 Å². The van der Waals surface area contributed by atoms with Gasteiger partial charge in [0.25, 0.3) is 0 Å². The summed E-state index contributed by atoms with van der Waals surface area (Å²) in [6, 6.07) is 0.398. The van der Waals surface area contributed by atoms with Gasteiger partial charge in [-0.25, -0.2) is 0 Å². The summed E-state index contributed by atoms with van der Waals surface area (Å²) in [5.41, 5.74) is 10.8. The highest BCUT2D eigenvalue weighted by molar-refractivity contribution is 5.73. The predicted octanol–water partition coefficient (Wildman–Crippen LogP) is 0.769. The molecule has 0 heterocycles. The van der Waals surface area contributed by atoms with Crippen molar-refractivity contribution in [3.63, 3.8) is 0 Å². The van der Waals surface area contributed by atoms with Crippen LogP contribution in [0.3, 0.4) is 0 Å². The van der Waals surface area contributed by atoms with Gasteiger partial charge in [0, 0.05) is 12.5 Å². The maximum absolute atomic E-state index is 10.5. The summed E-state index contributed by atoms with van der Waals surface area (Å²) in [6.07, 6.45) is 6.08. The molecule has 0 aliphatic heterocycles. The minimum atomic E-state index is -0.176. The van der Waals surface area contributed by atoms with Crippen molar-refractivity contribution < 1.29 is 4.79 Å². The van der Waals surface area contributed by atoms with Crippen LogP contribution in [-0.4, -0.2) is 11.9 Å². The van der Waals surface area contributed by atoms with Crippen molar-refractivity contribution in [2.24, 2.45) is 17.4 Å². The van der Waals surface area contributed by atoms with E-state index in [2.05, 4.69) is 0 Å². The SMILES string of the molecule is NC(=O)CCC1CCC(N)CC1. The summed E-state index contributed by atoms with van der Waals surface area (Å²) in [5.74, 6) is 0.516. The van der Waals surface area contributed by atoms with Crippen LogP contribution < -0.4 is 11.5 Å². The molecule has 1 aliphatic carbocycles. The summed E-state index contributed by atoms with van der Waals surface area (Å²) in [6.45, 7) is 0. The minimum Gasteiger partial charge on any atom is -0.370 e. The topological polar surface area (TPSA) is 69.1 Å². The van der Waals surface area contributed by atoms with E-state index in [0.29, 0.717) is 18.4 Å². The van der Waals surface area contributed by atoms with Gasteiger partial charge in [-0.2, -0.15) is 0 Å². The van der Waals surface area contributed by atoms with Crippen LogP contribution in [0.4, 0.5) is 0 Å². The van der Waals surface area contributed by atoms with Crippen LogP contribution >= 0.6 is 0 Å². The van der Waals surface area contributed by atoms with E-state index in [-0.39, 0.29) is 5.91 Å². The quantitative estimate of drug-likeness (QED) is 0.656. The lowest BCUT2D eigenvalue weighted by molar-refractivity contribution is -0.118. The van der Waals surface area contributed by atoms with E-state index in [9.17, 15) is 4.79 Å². The van der Waals surface area contributed by atoms with Crippen molar-refractivity contribution in [1.82, 2.24) is 0 Å². The number of hydrogen-bond acceptors (Lipinski definition) is 2. The molecule has 4 N–H and O–H groups in total. The molecule has 0 unspecified atom stereocenters. The normalized spacial score (nSPS) is 30.1. The number of carbonyl (C=O) groups excluding carboxylic acids is 1. The summed E-state index contributed by atoms with van der Waals surface area (Å²) >= 11 is 0. The third-order valence-corrected chi connectivity index (χ3v) is 2.69. The molecule has 0 atom stereocenters. The van der Waals surface area contributed by atoms with Gasteiger partial charge in [-0.05, 0) is 38.0 Å². The van der Waals surface area contributed by atoms with Gasteiger partial charge < -0.3 is 11.5 Å². The van der Waals surface area contributed by atoms with E-state index < -0.39 is 0 Å². The number of nitrogens with two attached hydrogens (primary N) is 2. The maximum Gasteiger partial charge on any atom is 0.217 e. The molecule has 0 radical (unpaired) electrons. The molecule has 1 amide bonds. The highest BCUT2D eigenvalue weighted by Gasteiger charge is 2.18. The molecule has 1 saturated carbocycles. The second-order valence-corrected chi connectivity index (χ2v) is 3.79.